The average molecular weight is 319 g/mol. The van der Waals surface area contributed by atoms with Gasteiger partial charge in [-0.3, -0.25) is 14.5 Å². The van der Waals surface area contributed by atoms with E-state index < -0.39 is 0 Å². The third-order valence-corrected chi connectivity index (χ3v) is 4.59. The SMILES string of the molecule is Cn1c(-c2ccc3c(c2)C(C)(C)C(c2ccncc2)=N3)n[nH]c1=O. The summed E-state index contributed by atoms with van der Waals surface area (Å²) in [6, 6.07) is 9.96. The Labute approximate surface area is 138 Å². The molecule has 3 heterocycles. The van der Waals surface area contributed by atoms with E-state index in [0.29, 0.717) is 5.82 Å². The van der Waals surface area contributed by atoms with Crippen LogP contribution in [0.15, 0.2) is 52.5 Å². The van der Waals surface area contributed by atoms with E-state index in [4.69, 9.17) is 4.99 Å². The molecule has 24 heavy (non-hydrogen) atoms. The smallest absolute Gasteiger partial charge is 0.278 e. The first-order valence-corrected chi connectivity index (χ1v) is 7.74. The Bertz CT molecular complexity index is 1010. The highest BCUT2D eigenvalue weighted by molar-refractivity contribution is 6.12. The lowest BCUT2D eigenvalue weighted by Gasteiger charge is -2.22. The molecule has 1 aliphatic rings. The number of hydrogen-bond acceptors (Lipinski definition) is 4. The summed E-state index contributed by atoms with van der Waals surface area (Å²) >= 11 is 0. The zero-order valence-electron chi connectivity index (χ0n) is 13.7. The summed E-state index contributed by atoms with van der Waals surface area (Å²) in [5.74, 6) is 0.621. The molecule has 0 radical (unpaired) electrons. The standard InChI is InChI=1S/C18H17N5O/c1-18(2)13-10-12(16-21-22-17(24)23(16)3)4-5-14(13)20-15(18)11-6-8-19-9-7-11/h4-10H,1-3H3,(H,22,24). The van der Waals surface area contributed by atoms with Crippen molar-refractivity contribution in [3.63, 3.8) is 0 Å². The number of pyridine rings is 1. The van der Waals surface area contributed by atoms with E-state index in [0.717, 1.165) is 28.1 Å². The van der Waals surface area contributed by atoms with Gasteiger partial charge in [-0.1, -0.05) is 13.8 Å². The normalized spacial score (nSPS) is 15.2. The van der Waals surface area contributed by atoms with E-state index in [-0.39, 0.29) is 11.1 Å². The van der Waals surface area contributed by atoms with Crippen molar-refractivity contribution in [2.24, 2.45) is 12.0 Å². The fourth-order valence-corrected chi connectivity index (χ4v) is 3.20. The molecule has 0 unspecified atom stereocenters. The Morgan fingerprint density at radius 2 is 1.83 bits per heavy atom. The van der Waals surface area contributed by atoms with Crippen molar-refractivity contribution in [3.8, 4) is 11.4 Å². The molecule has 1 N–H and O–H groups in total. The molecule has 0 spiro atoms. The monoisotopic (exact) mass is 319 g/mol. The van der Waals surface area contributed by atoms with Crippen molar-refractivity contribution in [3.05, 3.63) is 64.3 Å². The van der Waals surface area contributed by atoms with Crippen LogP contribution in [0.25, 0.3) is 11.4 Å². The Kier molecular flexibility index (Phi) is 3.03. The molecular weight excluding hydrogens is 302 g/mol. The van der Waals surface area contributed by atoms with Crippen LogP contribution >= 0.6 is 0 Å². The minimum atomic E-state index is -0.234. The van der Waals surface area contributed by atoms with Gasteiger partial charge in [0.1, 0.15) is 0 Å². The third-order valence-electron chi connectivity index (χ3n) is 4.59. The van der Waals surface area contributed by atoms with Crippen LogP contribution in [0.4, 0.5) is 5.69 Å². The highest BCUT2D eigenvalue weighted by Gasteiger charge is 2.36. The van der Waals surface area contributed by atoms with E-state index >= 15 is 0 Å². The van der Waals surface area contributed by atoms with Crippen LogP contribution in [0.2, 0.25) is 0 Å². The van der Waals surface area contributed by atoms with E-state index in [1.807, 2.05) is 24.3 Å². The van der Waals surface area contributed by atoms with Crippen molar-refractivity contribution in [2.45, 2.75) is 19.3 Å². The lowest BCUT2D eigenvalue weighted by Crippen LogP contribution is -2.26. The number of aromatic amines is 1. The minimum Gasteiger partial charge on any atom is -0.278 e. The molecule has 0 atom stereocenters. The summed E-state index contributed by atoms with van der Waals surface area (Å²) in [5.41, 5.74) is 4.61. The Balaban J connectivity index is 1.83. The Hall–Kier alpha value is -3.02. The number of aromatic nitrogens is 4. The summed E-state index contributed by atoms with van der Waals surface area (Å²) < 4.78 is 1.51. The van der Waals surface area contributed by atoms with Crippen molar-refractivity contribution in [1.29, 1.82) is 0 Å². The zero-order chi connectivity index (χ0) is 16.9. The lowest BCUT2D eigenvalue weighted by molar-refractivity contribution is 0.737. The number of rotatable bonds is 2. The number of aliphatic imine (C=N–C) groups is 1. The number of H-pyrrole nitrogens is 1. The highest BCUT2D eigenvalue weighted by Crippen LogP contribution is 2.43. The van der Waals surface area contributed by atoms with Crippen LogP contribution in [0.1, 0.15) is 25.0 Å². The van der Waals surface area contributed by atoms with Crippen LogP contribution in [-0.4, -0.2) is 25.5 Å². The lowest BCUT2D eigenvalue weighted by atomic mass is 9.78. The first kappa shape index (κ1) is 14.6. The van der Waals surface area contributed by atoms with Crippen molar-refractivity contribution in [2.75, 3.05) is 0 Å². The summed E-state index contributed by atoms with van der Waals surface area (Å²) in [5, 5.41) is 6.60. The number of nitrogens with one attached hydrogen (secondary N) is 1. The van der Waals surface area contributed by atoms with Gasteiger partial charge in [0.25, 0.3) is 0 Å². The second-order valence-electron chi connectivity index (χ2n) is 6.46. The molecule has 6 heteroatoms. The Morgan fingerprint density at radius 1 is 1.08 bits per heavy atom. The molecule has 1 aromatic carbocycles. The van der Waals surface area contributed by atoms with E-state index in [1.54, 1.807) is 19.4 Å². The maximum Gasteiger partial charge on any atom is 0.343 e. The van der Waals surface area contributed by atoms with Gasteiger partial charge < -0.3 is 0 Å². The minimum absolute atomic E-state index is 0.224. The van der Waals surface area contributed by atoms with Gasteiger partial charge >= 0.3 is 5.69 Å². The van der Waals surface area contributed by atoms with Crippen LogP contribution < -0.4 is 5.69 Å². The number of fused-ring (bicyclic) bond motifs is 1. The van der Waals surface area contributed by atoms with Crippen molar-refractivity contribution in [1.82, 2.24) is 19.7 Å². The maximum atomic E-state index is 11.6. The quantitative estimate of drug-likeness (QED) is 0.789. The van der Waals surface area contributed by atoms with Gasteiger partial charge in [0, 0.05) is 30.4 Å². The predicted octanol–water partition coefficient (Wildman–Crippen LogP) is 2.58. The molecule has 1 aliphatic heterocycles. The third kappa shape index (κ3) is 2.03. The van der Waals surface area contributed by atoms with Crippen LogP contribution in [0, 0.1) is 0 Å². The van der Waals surface area contributed by atoms with E-state index in [9.17, 15) is 4.79 Å². The number of hydrogen-bond donors (Lipinski definition) is 1. The first-order valence-electron chi connectivity index (χ1n) is 7.74. The Morgan fingerprint density at radius 3 is 2.50 bits per heavy atom. The first-order chi connectivity index (χ1) is 11.5. The molecule has 120 valence electrons. The van der Waals surface area contributed by atoms with E-state index in [1.165, 1.54) is 4.57 Å². The molecular formula is C18H17N5O. The second kappa shape index (κ2) is 4.99. The summed E-state index contributed by atoms with van der Waals surface area (Å²) in [6.07, 6.45) is 3.56. The zero-order valence-corrected chi connectivity index (χ0v) is 13.7. The topological polar surface area (TPSA) is 75.9 Å². The summed E-state index contributed by atoms with van der Waals surface area (Å²) in [6.45, 7) is 4.32. The second-order valence-corrected chi connectivity index (χ2v) is 6.46. The molecule has 0 saturated carbocycles. The fraction of sp³-hybridized carbons (Fsp3) is 0.222. The van der Waals surface area contributed by atoms with Gasteiger partial charge in [-0.05, 0) is 41.5 Å². The molecule has 0 fully saturated rings. The van der Waals surface area contributed by atoms with Gasteiger partial charge in [0.05, 0.1) is 11.4 Å². The maximum absolute atomic E-state index is 11.6. The van der Waals surface area contributed by atoms with Crippen LogP contribution in [0.3, 0.4) is 0 Å². The van der Waals surface area contributed by atoms with Gasteiger partial charge in [-0.25, -0.2) is 9.89 Å². The van der Waals surface area contributed by atoms with Crippen LogP contribution in [-0.2, 0) is 12.5 Å². The molecule has 0 bridgehead atoms. The molecule has 0 amide bonds. The number of nitrogens with zero attached hydrogens (tertiary/aromatic N) is 4. The van der Waals surface area contributed by atoms with Gasteiger partial charge in [0.2, 0.25) is 0 Å². The van der Waals surface area contributed by atoms with Crippen molar-refractivity contribution < 1.29 is 0 Å². The summed E-state index contributed by atoms with van der Waals surface area (Å²) in [7, 11) is 1.71. The average Bonchev–Trinajstić information content (AvgIpc) is 3.05. The highest BCUT2D eigenvalue weighted by atomic mass is 16.1. The molecule has 3 aromatic rings. The van der Waals surface area contributed by atoms with E-state index in [2.05, 4.69) is 35.1 Å². The molecule has 0 saturated heterocycles. The molecule has 6 nitrogen and oxygen atoms in total. The molecule has 4 rings (SSSR count). The van der Waals surface area contributed by atoms with Crippen molar-refractivity contribution >= 4 is 11.4 Å². The van der Waals surface area contributed by atoms with Gasteiger partial charge in [0.15, 0.2) is 5.82 Å². The molecule has 0 aliphatic carbocycles. The fourth-order valence-electron chi connectivity index (χ4n) is 3.20. The summed E-state index contributed by atoms with van der Waals surface area (Å²) in [4.78, 5) is 20.5. The van der Waals surface area contributed by atoms with Gasteiger partial charge in [-0.2, -0.15) is 5.10 Å². The van der Waals surface area contributed by atoms with Gasteiger partial charge in [-0.15, -0.1) is 0 Å². The largest absolute Gasteiger partial charge is 0.343 e. The predicted molar refractivity (Wildman–Crippen MR) is 92.7 cm³/mol. The van der Waals surface area contributed by atoms with Crippen LogP contribution in [0.5, 0.6) is 0 Å². The molecule has 2 aromatic heterocycles. The number of benzene rings is 1.